The van der Waals surface area contributed by atoms with Gasteiger partial charge in [0.05, 0.1) is 26.2 Å². The number of nitrogens with zero attached hydrogens (tertiary/aromatic N) is 2. The third kappa shape index (κ3) is 2.93. The highest BCUT2D eigenvalue weighted by Gasteiger charge is 2.31. The summed E-state index contributed by atoms with van der Waals surface area (Å²) in [6.07, 6.45) is 1.66. The van der Waals surface area contributed by atoms with E-state index >= 15 is 0 Å². The second kappa shape index (κ2) is 6.04. The van der Waals surface area contributed by atoms with Crippen molar-refractivity contribution in [2.75, 3.05) is 46.5 Å². The number of methoxy groups -OCH3 is 1. The number of hydrogen-bond acceptors (Lipinski definition) is 4. The number of morpholine rings is 1. The Balaban J connectivity index is 1.91. The van der Waals surface area contributed by atoms with Gasteiger partial charge in [0.1, 0.15) is 0 Å². The van der Waals surface area contributed by atoms with Gasteiger partial charge in [-0.25, -0.2) is 4.79 Å². The summed E-state index contributed by atoms with van der Waals surface area (Å²) in [5.74, 6) is -0.386. The van der Waals surface area contributed by atoms with Crippen LogP contribution in [0.1, 0.15) is 12.8 Å². The van der Waals surface area contributed by atoms with Crippen molar-refractivity contribution in [3.05, 3.63) is 0 Å². The smallest absolute Gasteiger partial charge is 0.320 e. The molecule has 2 aliphatic rings. The molecule has 18 heavy (non-hydrogen) atoms. The predicted octanol–water partition coefficient (Wildman–Crippen LogP) is 0.324. The molecule has 0 saturated carbocycles. The number of ether oxygens (including phenoxy) is 2. The third-order valence-electron chi connectivity index (χ3n) is 3.51. The van der Waals surface area contributed by atoms with Crippen LogP contribution in [-0.2, 0) is 14.3 Å². The number of carbonyl (C=O) groups is 2. The SMILES string of the molecule is COC(=O)[C@H]1CCCN(C(=O)N2CCOCC2)C1. The summed E-state index contributed by atoms with van der Waals surface area (Å²) in [7, 11) is 1.39. The molecule has 0 radical (unpaired) electrons. The van der Waals surface area contributed by atoms with Crippen LogP contribution >= 0.6 is 0 Å². The van der Waals surface area contributed by atoms with E-state index in [-0.39, 0.29) is 17.9 Å². The molecule has 1 atom stereocenters. The molecular formula is C12H20N2O4. The molecule has 0 aliphatic carbocycles. The van der Waals surface area contributed by atoms with E-state index in [9.17, 15) is 9.59 Å². The van der Waals surface area contributed by atoms with Crippen LogP contribution in [0.25, 0.3) is 0 Å². The molecule has 2 rings (SSSR count). The van der Waals surface area contributed by atoms with Crippen LogP contribution in [0.2, 0.25) is 0 Å². The standard InChI is InChI=1S/C12H20N2O4/c1-17-11(15)10-3-2-4-14(9-10)12(16)13-5-7-18-8-6-13/h10H,2-9H2,1H3/t10-/m0/s1. The van der Waals surface area contributed by atoms with E-state index in [1.807, 2.05) is 0 Å². The average Bonchev–Trinajstić information content (AvgIpc) is 2.46. The van der Waals surface area contributed by atoms with E-state index in [4.69, 9.17) is 9.47 Å². The molecule has 2 amide bonds. The van der Waals surface area contributed by atoms with Crippen molar-refractivity contribution >= 4 is 12.0 Å². The molecule has 0 spiro atoms. The first kappa shape index (κ1) is 13.1. The Morgan fingerprint density at radius 2 is 1.89 bits per heavy atom. The van der Waals surface area contributed by atoms with E-state index in [1.165, 1.54) is 7.11 Å². The number of carbonyl (C=O) groups excluding carboxylic acids is 2. The van der Waals surface area contributed by atoms with Crippen molar-refractivity contribution in [2.24, 2.45) is 5.92 Å². The summed E-state index contributed by atoms with van der Waals surface area (Å²) in [5, 5.41) is 0. The Hall–Kier alpha value is -1.30. The van der Waals surface area contributed by atoms with Gasteiger partial charge in [0, 0.05) is 26.2 Å². The molecule has 2 heterocycles. The van der Waals surface area contributed by atoms with Crippen molar-refractivity contribution in [1.29, 1.82) is 0 Å². The van der Waals surface area contributed by atoms with Gasteiger partial charge in [-0.3, -0.25) is 4.79 Å². The molecule has 6 nitrogen and oxygen atoms in total. The minimum Gasteiger partial charge on any atom is -0.469 e. The van der Waals surface area contributed by atoms with Gasteiger partial charge in [-0.2, -0.15) is 0 Å². The lowest BCUT2D eigenvalue weighted by atomic mass is 9.98. The van der Waals surface area contributed by atoms with E-state index in [0.29, 0.717) is 32.8 Å². The maximum absolute atomic E-state index is 12.3. The lowest BCUT2D eigenvalue weighted by Gasteiger charge is -2.36. The van der Waals surface area contributed by atoms with Gasteiger partial charge in [-0.15, -0.1) is 0 Å². The Labute approximate surface area is 107 Å². The Morgan fingerprint density at radius 1 is 1.17 bits per heavy atom. The largest absolute Gasteiger partial charge is 0.469 e. The van der Waals surface area contributed by atoms with Crippen molar-refractivity contribution in [3.8, 4) is 0 Å². The van der Waals surface area contributed by atoms with Crippen LogP contribution in [0.4, 0.5) is 4.79 Å². The molecule has 0 aromatic heterocycles. The molecular weight excluding hydrogens is 236 g/mol. The number of urea groups is 1. The molecule has 2 fully saturated rings. The summed E-state index contributed by atoms with van der Waals surface area (Å²) in [4.78, 5) is 27.3. The van der Waals surface area contributed by atoms with Crippen molar-refractivity contribution in [1.82, 2.24) is 9.80 Å². The highest BCUT2D eigenvalue weighted by molar-refractivity contribution is 5.77. The highest BCUT2D eigenvalue weighted by Crippen LogP contribution is 2.19. The van der Waals surface area contributed by atoms with Gasteiger partial charge in [-0.05, 0) is 12.8 Å². The minimum atomic E-state index is -0.213. The Kier molecular flexibility index (Phi) is 4.41. The monoisotopic (exact) mass is 256 g/mol. The number of esters is 1. The molecule has 102 valence electrons. The zero-order valence-corrected chi connectivity index (χ0v) is 10.8. The molecule has 0 aromatic rings. The van der Waals surface area contributed by atoms with E-state index in [2.05, 4.69) is 0 Å². The number of likely N-dealkylation sites (tertiary alicyclic amines) is 1. The van der Waals surface area contributed by atoms with Crippen LogP contribution < -0.4 is 0 Å². The fourth-order valence-electron chi connectivity index (χ4n) is 2.46. The highest BCUT2D eigenvalue weighted by atomic mass is 16.5. The second-order valence-corrected chi connectivity index (χ2v) is 4.69. The van der Waals surface area contributed by atoms with E-state index < -0.39 is 0 Å². The molecule has 0 bridgehead atoms. The first-order valence-electron chi connectivity index (χ1n) is 6.42. The molecule has 6 heteroatoms. The van der Waals surface area contributed by atoms with Gasteiger partial charge < -0.3 is 19.3 Å². The zero-order valence-electron chi connectivity index (χ0n) is 10.8. The van der Waals surface area contributed by atoms with Gasteiger partial charge in [0.25, 0.3) is 0 Å². The van der Waals surface area contributed by atoms with E-state index in [1.54, 1.807) is 9.80 Å². The van der Waals surface area contributed by atoms with Crippen LogP contribution in [0.15, 0.2) is 0 Å². The summed E-state index contributed by atoms with van der Waals surface area (Å²) in [6, 6.07) is 0.0203. The molecule has 0 unspecified atom stereocenters. The first-order chi connectivity index (χ1) is 8.72. The number of hydrogen-bond donors (Lipinski definition) is 0. The van der Waals surface area contributed by atoms with Crippen LogP contribution in [0.3, 0.4) is 0 Å². The second-order valence-electron chi connectivity index (χ2n) is 4.69. The molecule has 2 saturated heterocycles. The summed E-state index contributed by atoms with van der Waals surface area (Å²) >= 11 is 0. The Bertz CT molecular complexity index is 315. The maximum atomic E-state index is 12.3. The number of piperidine rings is 1. The summed E-state index contributed by atoms with van der Waals surface area (Å²) < 4.78 is 9.98. The molecule has 0 N–H and O–H groups in total. The summed E-state index contributed by atoms with van der Waals surface area (Å²) in [5.41, 5.74) is 0. The van der Waals surface area contributed by atoms with Gasteiger partial charge in [0.15, 0.2) is 0 Å². The zero-order chi connectivity index (χ0) is 13.0. The van der Waals surface area contributed by atoms with Crippen LogP contribution in [0, 0.1) is 5.92 Å². The lowest BCUT2D eigenvalue weighted by molar-refractivity contribution is -0.146. The first-order valence-corrected chi connectivity index (χ1v) is 6.42. The van der Waals surface area contributed by atoms with Crippen molar-refractivity contribution in [2.45, 2.75) is 12.8 Å². The predicted molar refractivity (Wildman–Crippen MR) is 64.1 cm³/mol. The van der Waals surface area contributed by atoms with Crippen molar-refractivity contribution < 1.29 is 19.1 Å². The fourth-order valence-corrected chi connectivity index (χ4v) is 2.46. The number of rotatable bonds is 1. The van der Waals surface area contributed by atoms with Gasteiger partial charge in [0.2, 0.25) is 0 Å². The quantitative estimate of drug-likeness (QED) is 0.634. The normalized spacial score (nSPS) is 24.8. The lowest BCUT2D eigenvalue weighted by Crippen LogP contribution is -2.51. The average molecular weight is 256 g/mol. The maximum Gasteiger partial charge on any atom is 0.320 e. The van der Waals surface area contributed by atoms with Crippen molar-refractivity contribution in [3.63, 3.8) is 0 Å². The number of amides is 2. The van der Waals surface area contributed by atoms with Gasteiger partial charge in [-0.1, -0.05) is 0 Å². The Morgan fingerprint density at radius 3 is 2.56 bits per heavy atom. The molecule has 0 aromatic carbocycles. The third-order valence-corrected chi connectivity index (χ3v) is 3.51. The minimum absolute atomic E-state index is 0.0203. The van der Waals surface area contributed by atoms with Crippen LogP contribution in [0.5, 0.6) is 0 Å². The van der Waals surface area contributed by atoms with E-state index in [0.717, 1.165) is 19.4 Å². The summed E-state index contributed by atoms with van der Waals surface area (Å²) in [6.45, 7) is 3.67. The molecule has 2 aliphatic heterocycles. The topological polar surface area (TPSA) is 59.1 Å². The van der Waals surface area contributed by atoms with Crippen LogP contribution in [-0.4, -0.2) is 68.3 Å². The van der Waals surface area contributed by atoms with Gasteiger partial charge >= 0.3 is 12.0 Å². The fraction of sp³-hybridized carbons (Fsp3) is 0.833.